The zero-order chi connectivity index (χ0) is 13.2. The first-order valence-electron chi connectivity index (χ1n) is 5.91. The zero-order valence-electron chi connectivity index (χ0n) is 10.4. The van der Waals surface area contributed by atoms with Gasteiger partial charge >= 0.3 is 0 Å². The van der Waals surface area contributed by atoms with Gasteiger partial charge in [0.05, 0.1) is 7.11 Å². The summed E-state index contributed by atoms with van der Waals surface area (Å²) in [5.74, 6) is 0.784. The van der Waals surface area contributed by atoms with Crippen molar-refractivity contribution < 1.29 is 4.74 Å². The second-order valence-electron chi connectivity index (χ2n) is 4.13. The highest BCUT2D eigenvalue weighted by Gasteiger charge is 2.11. The van der Waals surface area contributed by atoms with Crippen molar-refractivity contribution in [1.82, 2.24) is 9.97 Å². The fourth-order valence-corrected chi connectivity index (χ4v) is 2.20. The standard InChI is InChI=1S/C15H12N2O2/c1-19-13-7-6-12(10-4-2-3-5-11(10)13)14-15(18)17-9-8-16-14/h2-9H,1H3,(H,17,18). The second-order valence-corrected chi connectivity index (χ2v) is 4.13. The largest absolute Gasteiger partial charge is 0.496 e. The fourth-order valence-electron chi connectivity index (χ4n) is 2.20. The molecule has 1 heterocycles. The van der Waals surface area contributed by atoms with Crippen molar-refractivity contribution in [2.24, 2.45) is 0 Å². The Kier molecular flexibility index (Phi) is 2.76. The van der Waals surface area contributed by atoms with Gasteiger partial charge in [-0.3, -0.25) is 4.79 Å². The van der Waals surface area contributed by atoms with E-state index in [1.165, 1.54) is 6.20 Å². The van der Waals surface area contributed by atoms with Crippen molar-refractivity contribution in [3.63, 3.8) is 0 Å². The Morgan fingerprint density at radius 2 is 1.89 bits per heavy atom. The quantitative estimate of drug-likeness (QED) is 0.762. The number of nitrogens with zero attached hydrogens (tertiary/aromatic N) is 1. The molecule has 0 fully saturated rings. The predicted octanol–water partition coefficient (Wildman–Crippen LogP) is 2.60. The third kappa shape index (κ3) is 1.87. The molecule has 0 aliphatic heterocycles. The van der Waals surface area contributed by atoms with Gasteiger partial charge in [-0.15, -0.1) is 0 Å². The van der Waals surface area contributed by atoms with Gasteiger partial charge in [0.25, 0.3) is 5.56 Å². The number of hydrogen-bond acceptors (Lipinski definition) is 3. The van der Waals surface area contributed by atoms with Crippen LogP contribution in [0.5, 0.6) is 5.75 Å². The SMILES string of the molecule is COc1ccc(-c2ncc[nH]c2=O)c2ccccc12. The van der Waals surface area contributed by atoms with Crippen LogP contribution in [-0.4, -0.2) is 17.1 Å². The lowest BCUT2D eigenvalue weighted by Crippen LogP contribution is -2.09. The Bertz CT molecular complexity index is 793. The van der Waals surface area contributed by atoms with E-state index in [-0.39, 0.29) is 5.56 Å². The minimum Gasteiger partial charge on any atom is -0.496 e. The van der Waals surface area contributed by atoms with E-state index in [1.54, 1.807) is 13.3 Å². The molecule has 0 amide bonds. The number of fused-ring (bicyclic) bond motifs is 1. The van der Waals surface area contributed by atoms with Gasteiger partial charge in [-0.1, -0.05) is 24.3 Å². The molecule has 0 bridgehead atoms. The fraction of sp³-hybridized carbons (Fsp3) is 0.0667. The lowest BCUT2D eigenvalue weighted by atomic mass is 10.0. The molecule has 2 aromatic carbocycles. The minimum atomic E-state index is -0.196. The van der Waals surface area contributed by atoms with E-state index < -0.39 is 0 Å². The lowest BCUT2D eigenvalue weighted by molar-refractivity contribution is 0.420. The number of ether oxygens (including phenoxy) is 1. The molecule has 1 aromatic heterocycles. The third-order valence-corrected chi connectivity index (χ3v) is 3.07. The molecule has 3 rings (SSSR count). The summed E-state index contributed by atoms with van der Waals surface area (Å²) >= 11 is 0. The van der Waals surface area contributed by atoms with E-state index in [9.17, 15) is 4.79 Å². The topological polar surface area (TPSA) is 55.0 Å². The molecule has 19 heavy (non-hydrogen) atoms. The molecule has 0 saturated carbocycles. The van der Waals surface area contributed by atoms with Crippen LogP contribution in [0.2, 0.25) is 0 Å². The highest BCUT2D eigenvalue weighted by atomic mass is 16.5. The summed E-state index contributed by atoms with van der Waals surface area (Å²) in [5, 5.41) is 1.92. The molecule has 1 N–H and O–H groups in total. The van der Waals surface area contributed by atoms with Crippen molar-refractivity contribution in [2.45, 2.75) is 0 Å². The minimum absolute atomic E-state index is 0.196. The summed E-state index contributed by atoms with van der Waals surface area (Å²) in [4.78, 5) is 18.7. The molecule has 0 aliphatic carbocycles. The smallest absolute Gasteiger partial charge is 0.274 e. The molecule has 4 heteroatoms. The number of hydrogen-bond donors (Lipinski definition) is 1. The van der Waals surface area contributed by atoms with Crippen molar-refractivity contribution in [2.75, 3.05) is 7.11 Å². The van der Waals surface area contributed by atoms with Crippen LogP contribution in [0.15, 0.2) is 53.6 Å². The third-order valence-electron chi connectivity index (χ3n) is 3.07. The van der Waals surface area contributed by atoms with Gasteiger partial charge in [0.2, 0.25) is 0 Å². The summed E-state index contributed by atoms with van der Waals surface area (Å²) in [6, 6.07) is 11.5. The predicted molar refractivity (Wildman–Crippen MR) is 74.4 cm³/mol. The Morgan fingerprint density at radius 3 is 2.63 bits per heavy atom. The van der Waals surface area contributed by atoms with Crippen LogP contribution in [0.4, 0.5) is 0 Å². The number of aromatic nitrogens is 2. The van der Waals surface area contributed by atoms with Crippen LogP contribution in [0.25, 0.3) is 22.0 Å². The first kappa shape index (κ1) is 11.5. The molecule has 4 nitrogen and oxygen atoms in total. The van der Waals surface area contributed by atoms with E-state index in [0.717, 1.165) is 22.1 Å². The van der Waals surface area contributed by atoms with Crippen LogP contribution in [0, 0.1) is 0 Å². The second kappa shape index (κ2) is 4.57. The van der Waals surface area contributed by atoms with Crippen molar-refractivity contribution >= 4 is 10.8 Å². The molecule has 0 radical (unpaired) electrons. The Morgan fingerprint density at radius 1 is 1.11 bits per heavy atom. The molecular formula is C15H12N2O2. The Hall–Kier alpha value is -2.62. The highest BCUT2D eigenvalue weighted by Crippen LogP contribution is 2.32. The van der Waals surface area contributed by atoms with E-state index in [2.05, 4.69) is 9.97 Å². The van der Waals surface area contributed by atoms with Crippen molar-refractivity contribution in [3.05, 3.63) is 59.1 Å². The molecular weight excluding hydrogens is 240 g/mol. The van der Waals surface area contributed by atoms with Crippen LogP contribution >= 0.6 is 0 Å². The van der Waals surface area contributed by atoms with Gasteiger partial charge in [-0.2, -0.15) is 0 Å². The van der Waals surface area contributed by atoms with Gasteiger partial charge in [0.1, 0.15) is 11.4 Å². The molecule has 94 valence electrons. The maximum atomic E-state index is 11.9. The number of H-pyrrole nitrogens is 1. The molecule has 0 atom stereocenters. The van der Waals surface area contributed by atoms with Crippen LogP contribution < -0.4 is 10.3 Å². The Balaban J connectivity index is 2.38. The van der Waals surface area contributed by atoms with Crippen LogP contribution in [0.1, 0.15) is 0 Å². The zero-order valence-corrected chi connectivity index (χ0v) is 10.4. The van der Waals surface area contributed by atoms with Crippen molar-refractivity contribution in [1.29, 1.82) is 0 Å². The number of rotatable bonds is 2. The average Bonchev–Trinajstić information content (AvgIpc) is 2.47. The number of methoxy groups -OCH3 is 1. The summed E-state index contributed by atoms with van der Waals surface area (Å²) in [5.41, 5.74) is 1.03. The number of benzene rings is 2. The number of aromatic amines is 1. The molecule has 0 unspecified atom stereocenters. The van der Waals surface area contributed by atoms with Gasteiger partial charge < -0.3 is 9.72 Å². The van der Waals surface area contributed by atoms with Gasteiger partial charge in [0.15, 0.2) is 0 Å². The summed E-state index contributed by atoms with van der Waals surface area (Å²) < 4.78 is 5.34. The van der Waals surface area contributed by atoms with E-state index >= 15 is 0 Å². The molecule has 0 saturated heterocycles. The van der Waals surface area contributed by atoms with E-state index in [4.69, 9.17) is 4.74 Å². The summed E-state index contributed by atoms with van der Waals surface area (Å²) in [7, 11) is 1.63. The van der Waals surface area contributed by atoms with Gasteiger partial charge in [-0.25, -0.2) is 4.98 Å². The van der Waals surface area contributed by atoms with Crippen molar-refractivity contribution in [3.8, 4) is 17.0 Å². The van der Waals surface area contributed by atoms with Gasteiger partial charge in [0, 0.05) is 23.3 Å². The lowest BCUT2D eigenvalue weighted by Gasteiger charge is -2.09. The highest BCUT2D eigenvalue weighted by molar-refractivity contribution is 5.99. The maximum absolute atomic E-state index is 11.9. The first-order valence-corrected chi connectivity index (χ1v) is 5.91. The molecule has 3 aromatic rings. The van der Waals surface area contributed by atoms with Gasteiger partial charge in [-0.05, 0) is 17.5 Å². The molecule has 0 aliphatic rings. The normalized spacial score (nSPS) is 10.6. The first-order chi connectivity index (χ1) is 9.31. The summed E-state index contributed by atoms with van der Waals surface area (Å²) in [6.07, 6.45) is 3.10. The molecule has 0 spiro atoms. The maximum Gasteiger partial charge on any atom is 0.274 e. The summed E-state index contributed by atoms with van der Waals surface area (Å²) in [6.45, 7) is 0. The van der Waals surface area contributed by atoms with E-state index in [1.807, 2.05) is 36.4 Å². The number of nitrogens with one attached hydrogen (secondary N) is 1. The Labute approximate surface area is 109 Å². The van der Waals surface area contributed by atoms with Crippen LogP contribution in [0.3, 0.4) is 0 Å². The monoisotopic (exact) mass is 252 g/mol. The van der Waals surface area contributed by atoms with Crippen LogP contribution in [-0.2, 0) is 0 Å². The average molecular weight is 252 g/mol. The van der Waals surface area contributed by atoms with E-state index in [0.29, 0.717) is 5.69 Å².